The van der Waals surface area contributed by atoms with Crippen LogP contribution in [0.25, 0.3) is 0 Å². The van der Waals surface area contributed by atoms with Crippen molar-refractivity contribution in [1.82, 2.24) is 9.97 Å². The van der Waals surface area contributed by atoms with Crippen molar-refractivity contribution in [3.05, 3.63) is 17.5 Å². The van der Waals surface area contributed by atoms with E-state index in [0.717, 1.165) is 24.1 Å². The van der Waals surface area contributed by atoms with Crippen molar-refractivity contribution in [2.24, 2.45) is 11.7 Å². The lowest BCUT2D eigenvalue weighted by Crippen LogP contribution is -2.24. The molecule has 2 N–H and O–H groups in total. The highest BCUT2D eigenvalue weighted by Crippen LogP contribution is 2.30. The maximum absolute atomic E-state index is 5.59. The van der Waals surface area contributed by atoms with Gasteiger partial charge in [-0.2, -0.15) is 0 Å². The zero-order chi connectivity index (χ0) is 11.7. The zero-order valence-electron chi connectivity index (χ0n) is 9.60. The Morgan fingerprint density at radius 1 is 1.56 bits per heavy atom. The van der Waals surface area contributed by atoms with E-state index in [1.54, 1.807) is 0 Å². The standard InChI is InChI=1S/C11H16N4S/c1-7-5-9(10(12)16)14-11(13-7)15(2)6-8-3-4-8/h5,8H,3-4,6H2,1-2H3,(H2,12,16). The predicted octanol–water partition coefficient (Wildman–Crippen LogP) is 1.27. The van der Waals surface area contributed by atoms with Gasteiger partial charge in [-0.3, -0.25) is 0 Å². The molecule has 0 atom stereocenters. The molecular weight excluding hydrogens is 220 g/mol. The molecule has 0 amide bonds. The quantitative estimate of drug-likeness (QED) is 0.798. The van der Waals surface area contributed by atoms with Crippen molar-refractivity contribution in [3.63, 3.8) is 0 Å². The minimum Gasteiger partial charge on any atom is -0.388 e. The van der Waals surface area contributed by atoms with Crippen LogP contribution in [0.1, 0.15) is 24.2 Å². The second kappa shape index (κ2) is 4.33. The van der Waals surface area contributed by atoms with Crippen molar-refractivity contribution in [1.29, 1.82) is 0 Å². The van der Waals surface area contributed by atoms with Gasteiger partial charge in [0.05, 0.1) is 0 Å². The normalized spacial score (nSPS) is 14.9. The molecule has 86 valence electrons. The zero-order valence-corrected chi connectivity index (χ0v) is 10.4. The first-order chi connectivity index (χ1) is 7.56. The Labute approximate surface area is 101 Å². The van der Waals surface area contributed by atoms with E-state index in [1.807, 2.05) is 20.0 Å². The highest BCUT2D eigenvalue weighted by molar-refractivity contribution is 7.80. The first kappa shape index (κ1) is 11.3. The van der Waals surface area contributed by atoms with E-state index in [2.05, 4.69) is 14.9 Å². The topological polar surface area (TPSA) is 55.0 Å². The van der Waals surface area contributed by atoms with Gasteiger partial charge in [0.15, 0.2) is 0 Å². The summed E-state index contributed by atoms with van der Waals surface area (Å²) in [6.07, 6.45) is 2.64. The van der Waals surface area contributed by atoms with Crippen LogP contribution in [0.3, 0.4) is 0 Å². The van der Waals surface area contributed by atoms with Gasteiger partial charge < -0.3 is 10.6 Å². The molecular formula is C11H16N4S. The van der Waals surface area contributed by atoms with E-state index in [9.17, 15) is 0 Å². The molecule has 16 heavy (non-hydrogen) atoms. The van der Waals surface area contributed by atoms with Crippen LogP contribution in [-0.2, 0) is 0 Å². The number of thiocarbonyl (C=S) groups is 1. The summed E-state index contributed by atoms with van der Waals surface area (Å²) in [6, 6.07) is 1.82. The lowest BCUT2D eigenvalue weighted by atomic mass is 10.3. The Balaban J connectivity index is 2.21. The summed E-state index contributed by atoms with van der Waals surface area (Å²) in [5, 5.41) is 0. The lowest BCUT2D eigenvalue weighted by Gasteiger charge is -2.17. The molecule has 1 fully saturated rings. The fourth-order valence-electron chi connectivity index (χ4n) is 1.62. The molecule has 1 saturated carbocycles. The van der Waals surface area contributed by atoms with E-state index in [1.165, 1.54) is 12.8 Å². The highest BCUT2D eigenvalue weighted by Gasteiger charge is 2.24. The summed E-state index contributed by atoms with van der Waals surface area (Å²) >= 11 is 4.94. The van der Waals surface area contributed by atoms with Gasteiger partial charge >= 0.3 is 0 Å². The Bertz CT molecular complexity index is 414. The van der Waals surface area contributed by atoms with Crippen LogP contribution >= 0.6 is 12.2 Å². The highest BCUT2D eigenvalue weighted by atomic mass is 32.1. The molecule has 0 unspecified atom stereocenters. The van der Waals surface area contributed by atoms with Crippen molar-refractivity contribution >= 4 is 23.2 Å². The molecule has 0 aliphatic heterocycles. The largest absolute Gasteiger partial charge is 0.388 e. The van der Waals surface area contributed by atoms with Crippen LogP contribution in [0.15, 0.2) is 6.07 Å². The first-order valence-corrected chi connectivity index (χ1v) is 5.83. The molecule has 1 aliphatic rings. The molecule has 1 aliphatic carbocycles. The summed E-state index contributed by atoms with van der Waals surface area (Å²) in [5.74, 6) is 1.53. The van der Waals surface area contributed by atoms with Crippen LogP contribution in [0.2, 0.25) is 0 Å². The molecule has 4 nitrogen and oxygen atoms in total. The number of hydrogen-bond donors (Lipinski definition) is 1. The van der Waals surface area contributed by atoms with Crippen molar-refractivity contribution in [2.75, 3.05) is 18.5 Å². The molecule has 1 aromatic heterocycles. The summed E-state index contributed by atoms with van der Waals surface area (Å²) in [6.45, 7) is 2.94. The van der Waals surface area contributed by atoms with Crippen LogP contribution in [0.5, 0.6) is 0 Å². The van der Waals surface area contributed by atoms with Gasteiger partial charge in [-0.05, 0) is 31.7 Å². The number of hydrogen-bond acceptors (Lipinski definition) is 4. The second-order valence-electron chi connectivity index (χ2n) is 4.38. The van der Waals surface area contributed by atoms with Crippen LogP contribution in [-0.4, -0.2) is 28.5 Å². The molecule has 0 saturated heterocycles. The Kier molecular flexibility index (Phi) is 3.05. The lowest BCUT2D eigenvalue weighted by molar-refractivity contribution is 0.761. The van der Waals surface area contributed by atoms with Crippen LogP contribution < -0.4 is 10.6 Å². The minimum atomic E-state index is 0.326. The number of nitrogens with zero attached hydrogens (tertiary/aromatic N) is 3. The van der Waals surface area contributed by atoms with Gasteiger partial charge in [0.25, 0.3) is 0 Å². The number of aromatic nitrogens is 2. The van der Waals surface area contributed by atoms with E-state index in [4.69, 9.17) is 18.0 Å². The van der Waals surface area contributed by atoms with Crippen molar-refractivity contribution in [3.8, 4) is 0 Å². The fraction of sp³-hybridized carbons (Fsp3) is 0.545. The average molecular weight is 236 g/mol. The molecule has 0 radical (unpaired) electrons. The number of nitrogens with two attached hydrogens (primary N) is 1. The average Bonchev–Trinajstić information content (AvgIpc) is 3.00. The maximum atomic E-state index is 5.59. The van der Waals surface area contributed by atoms with Gasteiger partial charge in [-0.15, -0.1) is 0 Å². The molecule has 0 bridgehead atoms. The summed E-state index contributed by atoms with van der Waals surface area (Å²) in [5.41, 5.74) is 7.14. The van der Waals surface area contributed by atoms with E-state index in [-0.39, 0.29) is 0 Å². The minimum absolute atomic E-state index is 0.326. The molecule has 1 heterocycles. The number of rotatable bonds is 4. The molecule has 1 aromatic rings. The van der Waals surface area contributed by atoms with Crippen molar-refractivity contribution in [2.45, 2.75) is 19.8 Å². The van der Waals surface area contributed by atoms with E-state index in [0.29, 0.717) is 10.7 Å². The third-order valence-corrected chi connectivity index (χ3v) is 2.87. The van der Waals surface area contributed by atoms with Gasteiger partial charge in [0.2, 0.25) is 5.95 Å². The third kappa shape index (κ3) is 2.66. The molecule has 2 rings (SSSR count). The molecule has 0 aromatic carbocycles. The van der Waals surface area contributed by atoms with E-state index < -0.39 is 0 Å². The second-order valence-corrected chi connectivity index (χ2v) is 4.82. The van der Waals surface area contributed by atoms with Gasteiger partial charge in [-0.1, -0.05) is 12.2 Å². The van der Waals surface area contributed by atoms with Gasteiger partial charge in [0, 0.05) is 19.3 Å². The maximum Gasteiger partial charge on any atom is 0.225 e. The SMILES string of the molecule is Cc1cc(C(N)=S)nc(N(C)CC2CC2)n1. The third-order valence-electron chi connectivity index (χ3n) is 2.67. The predicted molar refractivity (Wildman–Crippen MR) is 68.7 cm³/mol. The summed E-state index contributed by atoms with van der Waals surface area (Å²) in [7, 11) is 2.01. The Hall–Kier alpha value is -1.23. The van der Waals surface area contributed by atoms with Crippen LogP contribution in [0, 0.1) is 12.8 Å². The van der Waals surface area contributed by atoms with E-state index >= 15 is 0 Å². The Morgan fingerprint density at radius 2 is 2.25 bits per heavy atom. The monoisotopic (exact) mass is 236 g/mol. The van der Waals surface area contributed by atoms with Crippen molar-refractivity contribution < 1.29 is 0 Å². The van der Waals surface area contributed by atoms with Gasteiger partial charge in [0.1, 0.15) is 10.7 Å². The smallest absolute Gasteiger partial charge is 0.225 e. The van der Waals surface area contributed by atoms with Gasteiger partial charge in [-0.25, -0.2) is 9.97 Å². The number of aryl methyl sites for hydroxylation is 1. The first-order valence-electron chi connectivity index (χ1n) is 5.43. The fourth-order valence-corrected chi connectivity index (χ4v) is 1.72. The molecule has 5 heteroatoms. The van der Waals surface area contributed by atoms with Crippen LogP contribution in [0.4, 0.5) is 5.95 Å². The molecule has 0 spiro atoms. The Morgan fingerprint density at radius 3 is 2.81 bits per heavy atom. The summed E-state index contributed by atoms with van der Waals surface area (Å²) in [4.78, 5) is 11.2. The summed E-state index contributed by atoms with van der Waals surface area (Å²) < 4.78 is 0. The number of anilines is 1.